The SMILES string of the molecule is C[C@H]1CCCC[C@@H]1NC(=O)COC(=O)Cc1ccccc1F. The zero-order valence-electron chi connectivity index (χ0n) is 12.8. The normalized spacial score (nSPS) is 21.2. The largest absolute Gasteiger partial charge is 0.455 e. The highest BCUT2D eigenvalue weighted by atomic mass is 19.1. The lowest BCUT2D eigenvalue weighted by molar-refractivity contribution is -0.148. The van der Waals surface area contributed by atoms with Crippen LogP contribution in [0.25, 0.3) is 0 Å². The van der Waals surface area contributed by atoms with Gasteiger partial charge in [0, 0.05) is 6.04 Å². The number of benzene rings is 1. The molecule has 1 N–H and O–H groups in total. The molecule has 0 aliphatic heterocycles. The molecule has 1 aliphatic carbocycles. The van der Waals surface area contributed by atoms with Crippen LogP contribution in [0.4, 0.5) is 4.39 Å². The molecule has 120 valence electrons. The van der Waals surface area contributed by atoms with Gasteiger partial charge in [-0.25, -0.2) is 4.39 Å². The predicted molar refractivity (Wildman–Crippen MR) is 80.6 cm³/mol. The number of nitrogens with one attached hydrogen (secondary N) is 1. The van der Waals surface area contributed by atoms with Crippen LogP contribution in [-0.4, -0.2) is 24.5 Å². The minimum Gasteiger partial charge on any atom is -0.455 e. The summed E-state index contributed by atoms with van der Waals surface area (Å²) < 4.78 is 18.3. The molecular weight excluding hydrogens is 285 g/mol. The van der Waals surface area contributed by atoms with Crippen molar-refractivity contribution in [2.24, 2.45) is 5.92 Å². The third-order valence-electron chi connectivity index (χ3n) is 4.11. The van der Waals surface area contributed by atoms with E-state index >= 15 is 0 Å². The Morgan fingerprint density at radius 3 is 2.73 bits per heavy atom. The van der Waals surface area contributed by atoms with Gasteiger partial charge in [-0.15, -0.1) is 0 Å². The van der Waals surface area contributed by atoms with Gasteiger partial charge in [0.1, 0.15) is 5.82 Å². The number of hydrogen-bond acceptors (Lipinski definition) is 3. The third kappa shape index (κ3) is 4.83. The molecule has 1 aliphatic rings. The van der Waals surface area contributed by atoms with Crippen molar-refractivity contribution in [1.82, 2.24) is 5.32 Å². The molecule has 1 amide bonds. The van der Waals surface area contributed by atoms with Crippen LogP contribution in [0.2, 0.25) is 0 Å². The highest BCUT2D eigenvalue weighted by molar-refractivity contribution is 5.81. The van der Waals surface area contributed by atoms with Crippen molar-refractivity contribution in [3.05, 3.63) is 35.6 Å². The van der Waals surface area contributed by atoms with E-state index in [-0.39, 0.29) is 30.5 Å². The second-order valence-corrected chi connectivity index (χ2v) is 5.86. The molecule has 22 heavy (non-hydrogen) atoms. The molecule has 5 heteroatoms. The van der Waals surface area contributed by atoms with E-state index in [1.54, 1.807) is 12.1 Å². The topological polar surface area (TPSA) is 55.4 Å². The molecule has 0 aromatic heterocycles. The fourth-order valence-corrected chi connectivity index (χ4v) is 2.77. The van der Waals surface area contributed by atoms with Gasteiger partial charge in [-0.1, -0.05) is 38.0 Å². The Balaban J connectivity index is 1.74. The van der Waals surface area contributed by atoms with Crippen LogP contribution in [0.5, 0.6) is 0 Å². The number of amides is 1. The fourth-order valence-electron chi connectivity index (χ4n) is 2.77. The first-order chi connectivity index (χ1) is 10.6. The summed E-state index contributed by atoms with van der Waals surface area (Å²) in [4.78, 5) is 23.5. The molecule has 4 nitrogen and oxygen atoms in total. The highest BCUT2D eigenvalue weighted by Crippen LogP contribution is 2.23. The monoisotopic (exact) mass is 307 g/mol. The van der Waals surface area contributed by atoms with Gasteiger partial charge < -0.3 is 10.1 Å². The molecule has 0 spiro atoms. The molecule has 0 radical (unpaired) electrons. The Labute approximate surface area is 130 Å². The maximum Gasteiger partial charge on any atom is 0.310 e. The Morgan fingerprint density at radius 2 is 2.00 bits per heavy atom. The summed E-state index contributed by atoms with van der Waals surface area (Å²) in [7, 11) is 0. The van der Waals surface area contributed by atoms with Crippen molar-refractivity contribution in [2.45, 2.75) is 45.1 Å². The summed E-state index contributed by atoms with van der Waals surface area (Å²) >= 11 is 0. The van der Waals surface area contributed by atoms with Gasteiger partial charge in [0.05, 0.1) is 6.42 Å². The first-order valence-corrected chi connectivity index (χ1v) is 7.74. The van der Waals surface area contributed by atoms with Gasteiger partial charge in [-0.2, -0.15) is 0 Å². The van der Waals surface area contributed by atoms with Crippen LogP contribution in [0.3, 0.4) is 0 Å². The van der Waals surface area contributed by atoms with Gasteiger partial charge in [0.15, 0.2) is 6.61 Å². The van der Waals surface area contributed by atoms with Gasteiger partial charge in [-0.3, -0.25) is 9.59 Å². The number of hydrogen-bond donors (Lipinski definition) is 1. The maximum atomic E-state index is 13.4. The number of ether oxygens (including phenoxy) is 1. The van der Waals surface area contributed by atoms with Gasteiger partial charge in [0.25, 0.3) is 5.91 Å². The van der Waals surface area contributed by atoms with E-state index in [0.29, 0.717) is 5.92 Å². The molecule has 1 aromatic rings. The number of carbonyl (C=O) groups excluding carboxylic acids is 2. The lowest BCUT2D eigenvalue weighted by Gasteiger charge is -2.29. The molecule has 2 atom stereocenters. The van der Waals surface area contributed by atoms with E-state index in [1.165, 1.54) is 18.6 Å². The Hall–Kier alpha value is -1.91. The average Bonchev–Trinajstić information content (AvgIpc) is 2.50. The molecule has 1 saturated carbocycles. The zero-order valence-corrected chi connectivity index (χ0v) is 12.8. The van der Waals surface area contributed by atoms with Crippen molar-refractivity contribution in [3.8, 4) is 0 Å². The van der Waals surface area contributed by atoms with E-state index in [0.717, 1.165) is 19.3 Å². The van der Waals surface area contributed by atoms with Gasteiger partial charge in [0.2, 0.25) is 0 Å². The summed E-state index contributed by atoms with van der Waals surface area (Å²) in [6.45, 7) is 1.81. The van der Waals surface area contributed by atoms with Crippen LogP contribution in [-0.2, 0) is 20.7 Å². The van der Waals surface area contributed by atoms with Crippen molar-refractivity contribution >= 4 is 11.9 Å². The van der Waals surface area contributed by atoms with E-state index < -0.39 is 11.8 Å². The first kappa shape index (κ1) is 16.5. The standard InChI is InChI=1S/C17H22FNO3/c1-12-6-2-5-9-15(12)19-16(20)11-22-17(21)10-13-7-3-4-8-14(13)18/h3-4,7-8,12,15H,2,5-6,9-11H2,1H3,(H,19,20)/t12-,15-/m0/s1. The summed E-state index contributed by atoms with van der Waals surface area (Å²) in [6.07, 6.45) is 4.22. The Morgan fingerprint density at radius 1 is 1.27 bits per heavy atom. The molecule has 2 rings (SSSR count). The lowest BCUT2D eigenvalue weighted by Crippen LogP contribution is -2.43. The molecule has 0 unspecified atom stereocenters. The van der Waals surface area contributed by atoms with E-state index in [9.17, 15) is 14.0 Å². The van der Waals surface area contributed by atoms with Crippen LogP contribution < -0.4 is 5.32 Å². The lowest BCUT2D eigenvalue weighted by atomic mass is 9.86. The number of esters is 1. The van der Waals surface area contributed by atoms with E-state index in [2.05, 4.69) is 12.2 Å². The summed E-state index contributed by atoms with van der Waals surface area (Å²) in [5.74, 6) is -0.885. The smallest absolute Gasteiger partial charge is 0.310 e. The van der Waals surface area contributed by atoms with E-state index in [4.69, 9.17) is 4.74 Å². The van der Waals surface area contributed by atoms with Crippen LogP contribution in [0.15, 0.2) is 24.3 Å². The number of carbonyl (C=O) groups is 2. The molecule has 0 saturated heterocycles. The molecule has 1 aromatic carbocycles. The van der Waals surface area contributed by atoms with Gasteiger partial charge >= 0.3 is 5.97 Å². The average molecular weight is 307 g/mol. The summed E-state index contributed by atoms with van der Waals surface area (Å²) in [5, 5.41) is 2.91. The van der Waals surface area contributed by atoms with Crippen molar-refractivity contribution in [3.63, 3.8) is 0 Å². The van der Waals surface area contributed by atoms with Crippen LogP contribution in [0, 0.1) is 11.7 Å². The molecule has 0 heterocycles. The minimum absolute atomic E-state index is 0.159. The van der Waals surface area contributed by atoms with Crippen LogP contribution >= 0.6 is 0 Å². The second kappa shape index (κ2) is 7.92. The van der Waals surface area contributed by atoms with Crippen LogP contribution in [0.1, 0.15) is 38.2 Å². The number of halogens is 1. The van der Waals surface area contributed by atoms with E-state index in [1.807, 2.05) is 0 Å². The summed E-state index contributed by atoms with van der Waals surface area (Å²) in [6, 6.07) is 6.19. The van der Waals surface area contributed by atoms with Gasteiger partial charge in [-0.05, 0) is 30.4 Å². The minimum atomic E-state index is -0.600. The first-order valence-electron chi connectivity index (χ1n) is 7.74. The third-order valence-corrected chi connectivity index (χ3v) is 4.11. The predicted octanol–water partition coefficient (Wildman–Crippen LogP) is 2.61. The Kier molecular flexibility index (Phi) is 5.92. The second-order valence-electron chi connectivity index (χ2n) is 5.86. The van der Waals surface area contributed by atoms with Crippen molar-refractivity contribution in [2.75, 3.05) is 6.61 Å². The molecule has 1 fully saturated rings. The maximum absolute atomic E-state index is 13.4. The molecular formula is C17H22FNO3. The number of rotatable bonds is 5. The highest BCUT2D eigenvalue weighted by Gasteiger charge is 2.23. The van der Waals surface area contributed by atoms with Crippen molar-refractivity contribution in [1.29, 1.82) is 0 Å². The molecule has 0 bridgehead atoms. The van der Waals surface area contributed by atoms with Crippen molar-refractivity contribution < 1.29 is 18.7 Å². The Bertz CT molecular complexity index is 532. The summed E-state index contributed by atoms with van der Waals surface area (Å²) in [5.41, 5.74) is 0.272. The quantitative estimate of drug-likeness (QED) is 0.851. The fraction of sp³-hybridized carbons (Fsp3) is 0.529. The zero-order chi connectivity index (χ0) is 15.9.